The molecule has 0 unspecified atom stereocenters. The van der Waals surface area contributed by atoms with Gasteiger partial charge in [-0.3, -0.25) is 4.79 Å². The molecule has 0 bridgehead atoms. The minimum atomic E-state index is -0.754. The highest BCUT2D eigenvalue weighted by molar-refractivity contribution is 5.80. The predicted molar refractivity (Wildman–Crippen MR) is 41.6 cm³/mol. The van der Waals surface area contributed by atoms with Gasteiger partial charge in [0.2, 0.25) is 0 Å². The molecule has 2 atom stereocenters. The van der Waals surface area contributed by atoms with Crippen molar-refractivity contribution in [3.63, 3.8) is 0 Å². The fourth-order valence-electron chi connectivity index (χ4n) is 2.34. The molecule has 3 N–H and O–H groups in total. The molecule has 0 aromatic rings. The van der Waals surface area contributed by atoms with Crippen molar-refractivity contribution in [1.29, 1.82) is 0 Å². The molecule has 68 valence electrons. The van der Waals surface area contributed by atoms with Crippen molar-refractivity contribution in [2.45, 2.75) is 12.8 Å². The summed E-state index contributed by atoms with van der Waals surface area (Å²) in [6.45, 7) is 1.51. The van der Waals surface area contributed by atoms with E-state index in [1.54, 1.807) is 0 Å². The Morgan fingerprint density at radius 2 is 2.42 bits per heavy atom. The fourth-order valence-corrected chi connectivity index (χ4v) is 2.34. The Bertz CT molecular complexity index is 222. The predicted octanol–water partition coefficient (Wildman–Crippen LogP) is -0.174. The fraction of sp³-hybridized carbons (Fsp3) is 0.875. The first-order valence-electron chi connectivity index (χ1n) is 4.18. The van der Waals surface area contributed by atoms with E-state index in [9.17, 15) is 4.79 Å². The number of carboxylic acids is 1. The molecular formula is C8H13NO3. The lowest BCUT2D eigenvalue weighted by Gasteiger charge is -2.13. The van der Waals surface area contributed by atoms with Gasteiger partial charge >= 0.3 is 5.97 Å². The number of carbonyl (C=O) groups is 1. The maximum atomic E-state index is 10.9. The normalized spacial score (nSPS) is 45.1. The Labute approximate surface area is 70.7 Å². The lowest BCUT2D eigenvalue weighted by atomic mass is 9.92. The van der Waals surface area contributed by atoms with Gasteiger partial charge < -0.3 is 15.6 Å². The maximum absolute atomic E-state index is 10.9. The molecule has 0 aromatic carbocycles. The molecule has 1 aliphatic heterocycles. The molecule has 0 aromatic heterocycles. The largest absolute Gasteiger partial charge is 0.481 e. The molecule has 2 rings (SSSR count). The third-order valence-electron chi connectivity index (χ3n) is 3.39. The highest BCUT2D eigenvalue weighted by atomic mass is 16.5. The van der Waals surface area contributed by atoms with Gasteiger partial charge in [-0.05, 0) is 12.8 Å². The van der Waals surface area contributed by atoms with Crippen LogP contribution in [-0.2, 0) is 9.53 Å². The molecule has 1 saturated carbocycles. The third kappa shape index (κ3) is 0.716. The van der Waals surface area contributed by atoms with Gasteiger partial charge in [0.15, 0.2) is 0 Å². The summed E-state index contributed by atoms with van der Waals surface area (Å²) >= 11 is 0. The van der Waals surface area contributed by atoms with Crippen LogP contribution in [-0.4, -0.2) is 30.8 Å². The second-order valence-electron chi connectivity index (χ2n) is 3.85. The average molecular weight is 171 g/mol. The zero-order valence-corrected chi connectivity index (χ0v) is 6.88. The number of rotatable bonds is 2. The minimum absolute atomic E-state index is 0.117. The van der Waals surface area contributed by atoms with E-state index in [2.05, 4.69) is 0 Å². The van der Waals surface area contributed by atoms with E-state index in [0.717, 1.165) is 6.42 Å². The van der Waals surface area contributed by atoms with Gasteiger partial charge in [-0.2, -0.15) is 0 Å². The quantitative estimate of drug-likeness (QED) is 0.605. The first-order valence-corrected chi connectivity index (χ1v) is 4.18. The topological polar surface area (TPSA) is 72.6 Å². The van der Waals surface area contributed by atoms with Gasteiger partial charge in [-0.1, -0.05) is 0 Å². The highest BCUT2D eigenvalue weighted by Crippen LogP contribution is 2.67. The molecule has 1 spiro atoms. The Kier molecular flexibility index (Phi) is 1.47. The summed E-state index contributed by atoms with van der Waals surface area (Å²) in [5.41, 5.74) is 4.71. The Hall–Kier alpha value is -0.610. The first kappa shape index (κ1) is 8.01. The zero-order valence-electron chi connectivity index (χ0n) is 6.88. The highest BCUT2D eigenvalue weighted by Gasteiger charge is 2.72. The third-order valence-corrected chi connectivity index (χ3v) is 3.39. The van der Waals surface area contributed by atoms with Gasteiger partial charge in [-0.15, -0.1) is 0 Å². The van der Waals surface area contributed by atoms with Crippen molar-refractivity contribution in [3.8, 4) is 0 Å². The molecule has 4 nitrogen and oxygen atoms in total. The van der Waals surface area contributed by atoms with E-state index in [0.29, 0.717) is 19.6 Å². The second-order valence-corrected chi connectivity index (χ2v) is 3.85. The van der Waals surface area contributed by atoms with Crippen LogP contribution in [0.5, 0.6) is 0 Å². The molecular weight excluding hydrogens is 158 g/mol. The van der Waals surface area contributed by atoms with Crippen molar-refractivity contribution in [2.75, 3.05) is 19.8 Å². The number of aliphatic carboxylic acids is 1. The van der Waals surface area contributed by atoms with E-state index in [1.165, 1.54) is 0 Å². The Balaban J connectivity index is 2.20. The molecule has 2 aliphatic rings. The van der Waals surface area contributed by atoms with Crippen molar-refractivity contribution in [1.82, 2.24) is 0 Å². The number of hydrogen-bond donors (Lipinski definition) is 2. The second kappa shape index (κ2) is 2.20. The lowest BCUT2D eigenvalue weighted by Crippen LogP contribution is -2.31. The number of ether oxygens (including phenoxy) is 1. The molecule has 4 heteroatoms. The Morgan fingerprint density at radius 1 is 1.67 bits per heavy atom. The lowest BCUT2D eigenvalue weighted by molar-refractivity contribution is -0.144. The van der Waals surface area contributed by atoms with Crippen LogP contribution in [0.1, 0.15) is 12.8 Å². The van der Waals surface area contributed by atoms with Gasteiger partial charge in [0.05, 0.1) is 12.0 Å². The molecule has 1 saturated heterocycles. The van der Waals surface area contributed by atoms with Crippen LogP contribution in [0.2, 0.25) is 0 Å². The van der Waals surface area contributed by atoms with E-state index < -0.39 is 11.4 Å². The number of nitrogens with two attached hydrogens (primary N) is 1. The van der Waals surface area contributed by atoms with Gasteiger partial charge in [0.1, 0.15) is 0 Å². The maximum Gasteiger partial charge on any atom is 0.311 e. The van der Waals surface area contributed by atoms with Crippen LogP contribution in [0.15, 0.2) is 0 Å². The van der Waals surface area contributed by atoms with Crippen LogP contribution >= 0.6 is 0 Å². The zero-order chi connectivity index (χ0) is 8.82. The van der Waals surface area contributed by atoms with E-state index in [1.807, 2.05) is 0 Å². The van der Waals surface area contributed by atoms with Crippen molar-refractivity contribution >= 4 is 5.97 Å². The minimum Gasteiger partial charge on any atom is -0.481 e. The van der Waals surface area contributed by atoms with E-state index >= 15 is 0 Å². The van der Waals surface area contributed by atoms with Gasteiger partial charge in [-0.25, -0.2) is 0 Å². The van der Waals surface area contributed by atoms with E-state index in [4.69, 9.17) is 15.6 Å². The summed E-state index contributed by atoms with van der Waals surface area (Å²) in [6.07, 6.45) is 1.56. The van der Waals surface area contributed by atoms with E-state index in [-0.39, 0.29) is 12.0 Å². The van der Waals surface area contributed by atoms with Crippen LogP contribution in [0, 0.1) is 10.8 Å². The van der Waals surface area contributed by atoms with Crippen LogP contribution < -0.4 is 5.73 Å². The van der Waals surface area contributed by atoms with Crippen LogP contribution in [0.25, 0.3) is 0 Å². The van der Waals surface area contributed by atoms with Crippen molar-refractivity contribution in [2.24, 2.45) is 16.6 Å². The first-order chi connectivity index (χ1) is 5.67. The molecule has 1 heterocycles. The van der Waals surface area contributed by atoms with Gasteiger partial charge in [0.25, 0.3) is 0 Å². The average Bonchev–Trinajstić information content (AvgIpc) is 2.40. The summed E-state index contributed by atoms with van der Waals surface area (Å²) in [6, 6.07) is 0. The Morgan fingerprint density at radius 3 is 2.75 bits per heavy atom. The number of hydrogen-bond acceptors (Lipinski definition) is 3. The number of carboxylic acid groups (broad SMARTS) is 1. The summed E-state index contributed by atoms with van der Waals surface area (Å²) < 4.78 is 5.21. The summed E-state index contributed by atoms with van der Waals surface area (Å²) in [7, 11) is 0. The van der Waals surface area contributed by atoms with Gasteiger partial charge in [0, 0.05) is 18.6 Å². The molecule has 12 heavy (non-hydrogen) atoms. The van der Waals surface area contributed by atoms with Crippen LogP contribution in [0.4, 0.5) is 0 Å². The summed E-state index contributed by atoms with van der Waals surface area (Å²) in [4.78, 5) is 10.9. The summed E-state index contributed by atoms with van der Waals surface area (Å²) in [5, 5.41) is 8.99. The van der Waals surface area contributed by atoms with Crippen molar-refractivity contribution < 1.29 is 14.6 Å². The van der Waals surface area contributed by atoms with Crippen molar-refractivity contribution in [3.05, 3.63) is 0 Å². The molecule has 0 amide bonds. The monoisotopic (exact) mass is 171 g/mol. The standard InChI is InChI=1S/C8H13NO3/c9-4-8(6(10)11)3-7(8)1-2-12-5-7/h1-5,9H2,(H,10,11)/t7-,8+/m1/s1. The molecule has 2 fully saturated rings. The molecule has 0 radical (unpaired) electrons. The summed E-state index contributed by atoms with van der Waals surface area (Å²) in [5.74, 6) is -0.754. The SMILES string of the molecule is NC[C@]1(C(=O)O)C[C@@]12CCOC2. The van der Waals surface area contributed by atoms with Crippen LogP contribution in [0.3, 0.4) is 0 Å². The molecule has 1 aliphatic carbocycles. The smallest absolute Gasteiger partial charge is 0.311 e.